The minimum Gasteiger partial charge on any atom is -0.466 e. The van der Waals surface area contributed by atoms with Gasteiger partial charge in [-0.2, -0.15) is 0 Å². The van der Waals surface area contributed by atoms with E-state index < -0.39 is 11.8 Å². The van der Waals surface area contributed by atoms with Crippen LogP contribution in [-0.4, -0.2) is 44.7 Å². The Bertz CT molecular complexity index is 541. The summed E-state index contributed by atoms with van der Waals surface area (Å²) in [5.74, 6) is -1.11. The number of rotatable bonds is 6. The van der Waals surface area contributed by atoms with E-state index in [1.165, 1.54) is 6.07 Å². The molecule has 0 saturated carbocycles. The molecule has 0 bridgehead atoms. The fourth-order valence-electron chi connectivity index (χ4n) is 2.33. The zero-order chi connectivity index (χ0) is 15.9. The molecular weight excluding hydrogens is 289 g/mol. The summed E-state index contributed by atoms with van der Waals surface area (Å²) in [6.07, 6.45) is 0.0364. The summed E-state index contributed by atoms with van der Waals surface area (Å²) in [5, 5.41) is 0. The summed E-state index contributed by atoms with van der Waals surface area (Å²) in [6, 6.07) is 4.44. The van der Waals surface area contributed by atoms with Crippen molar-refractivity contribution in [3.05, 3.63) is 29.6 Å². The third-order valence-corrected chi connectivity index (χ3v) is 3.48. The number of carbonyl (C=O) groups is 2. The van der Waals surface area contributed by atoms with Crippen molar-refractivity contribution in [2.75, 3.05) is 37.8 Å². The lowest BCUT2D eigenvalue weighted by Crippen LogP contribution is -2.36. The molecule has 1 aromatic rings. The molecule has 0 N–H and O–H groups in total. The van der Waals surface area contributed by atoms with Gasteiger partial charge < -0.3 is 14.4 Å². The zero-order valence-electron chi connectivity index (χ0n) is 12.6. The summed E-state index contributed by atoms with van der Waals surface area (Å²) in [7, 11) is 0. The van der Waals surface area contributed by atoms with Gasteiger partial charge in [-0.25, -0.2) is 4.39 Å². The first-order valence-corrected chi connectivity index (χ1v) is 7.43. The van der Waals surface area contributed by atoms with Crippen LogP contribution in [0.25, 0.3) is 0 Å². The lowest BCUT2D eigenvalue weighted by Gasteiger charge is -2.29. The Labute approximate surface area is 129 Å². The smallest absolute Gasteiger partial charge is 0.306 e. The van der Waals surface area contributed by atoms with Crippen molar-refractivity contribution in [2.45, 2.75) is 19.8 Å². The van der Waals surface area contributed by atoms with Gasteiger partial charge in [-0.1, -0.05) is 0 Å². The third kappa shape index (κ3) is 4.27. The van der Waals surface area contributed by atoms with Crippen molar-refractivity contribution < 1.29 is 23.5 Å². The first-order valence-electron chi connectivity index (χ1n) is 7.43. The highest BCUT2D eigenvalue weighted by atomic mass is 19.1. The van der Waals surface area contributed by atoms with Crippen LogP contribution in [0.1, 0.15) is 30.1 Å². The van der Waals surface area contributed by atoms with Gasteiger partial charge in [0, 0.05) is 25.1 Å². The van der Waals surface area contributed by atoms with Crippen LogP contribution in [0.15, 0.2) is 18.2 Å². The molecule has 0 aromatic heterocycles. The molecule has 1 heterocycles. The van der Waals surface area contributed by atoms with Gasteiger partial charge in [0.05, 0.1) is 31.9 Å². The van der Waals surface area contributed by atoms with Gasteiger partial charge in [0.1, 0.15) is 5.82 Å². The number of esters is 1. The average molecular weight is 309 g/mol. The van der Waals surface area contributed by atoms with Crippen LogP contribution in [0.4, 0.5) is 10.1 Å². The number of hydrogen-bond acceptors (Lipinski definition) is 5. The lowest BCUT2D eigenvalue weighted by atomic mass is 10.1. The second-order valence-corrected chi connectivity index (χ2v) is 4.99. The molecule has 1 fully saturated rings. The molecule has 1 saturated heterocycles. The number of morpholine rings is 1. The molecule has 5 nitrogen and oxygen atoms in total. The van der Waals surface area contributed by atoms with Crippen LogP contribution in [0, 0.1) is 5.82 Å². The second-order valence-electron chi connectivity index (χ2n) is 4.99. The van der Waals surface area contributed by atoms with E-state index in [9.17, 15) is 14.0 Å². The highest BCUT2D eigenvalue weighted by molar-refractivity contribution is 5.97. The fourth-order valence-corrected chi connectivity index (χ4v) is 2.33. The first kappa shape index (κ1) is 16.4. The van der Waals surface area contributed by atoms with Crippen LogP contribution in [0.3, 0.4) is 0 Å². The molecule has 0 aliphatic carbocycles. The normalized spacial score (nSPS) is 14.7. The summed E-state index contributed by atoms with van der Waals surface area (Å²) in [5.41, 5.74) is 0.754. The Morgan fingerprint density at radius 1 is 1.27 bits per heavy atom. The van der Waals surface area contributed by atoms with Gasteiger partial charge in [-0.15, -0.1) is 0 Å². The predicted octanol–water partition coefficient (Wildman–Crippen LogP) is 2.19. The van der Waals surface area contributed by atoms with Crippen molar-refractivity contribution in [3.63, 3.8) is 0 Å². The van der Waals surface area contributed by atoms with Gasteiger partial charge in [0.15, 0.2) is 5.78 Å². The van der Waals surface area contributed by atoms with Crippen molar-refractivity contribution in [1.82, 2.24) is 0 Å². The molecule has 2 rings (SSSR count). The fraction of sp³-hybridized carbons (Fsp3) is 0.500. The van der Waals surface area contributed by atoms with E-state index in [-0.39, 0.29) is 30.8 Å². The maximum Gasteiger partial charge on any atom is 0.306 e. The van der Waals surface area contributed by atoms with E-state index >= 15 is 0 Å². The monoisotopic (exact) mass is 309 g/mol. The van der Waals surface area contributed by atoms with E-state index in [4.69, 9.17) is 9.47 Å². The van der Waals surface area contributed by atoms with E-state index in [0.717, 1.165) is 0 Å². The van der Waals surface area contributed by atoms with Crippen molar-refractivity contribution >= 4 is 17.4 Å². The predicted molar refractivity (Wildman–Crippen MR) is 79.6 cm³/mol. The molecule has 1 aliphatic rings. The zero-order valence-corrected chi connectivity index (χ0v) is 12.6. The van der Waals surface area contributed by atoms with Gasteiger partial charge >= 0.3 is 5.97 Å². The van der Waals surface area contributed by atoms with Gasteiger partial charge in [0.25, 0.3) is 0 Å². The van der Waals surface area contributed by atoms with Gasteiger partial charge in [-0.05, 0) is 25.1 Å². The summed E-state index contributed by atoms with van der Waals surface area (Å²) in [4.78, 5) is 25.1. The van der Waals surface area contributed by atoms with Gasteiger partial charge in [-0.3, -0.25) is 9.59 Å². The number of anilines is 1. The summed E-state index contributed by atoms with van der Waals surface area (Å²) >= 11 is 0. The van der Waals surface area contributed by atoms with E-state index in [2.05, 4.69) is 0 Å². The molecular formula is C16H20FNO4. The number of nitrogens with zero attached hydrogens (tertiary/aromatic N) is 1. The minimum absolute atomic E-state index is 0.0134. The average Bonchev–Trinajstić information content (AvgIpc) is 2.53. The number of halogens is 1. The molecule has 6 heteroatoms. The topological polar surface area (TPSA) is 55.8 Å². The van der Waals surface area contributed by atoms with E-state index in [0.29, 0.717) is 32.0 Å². The Morgan fingerprint density at radius 2 is 2.00 bits per heavy atom. The Kier molecular flexibility index (Phi) is 5.89. The highest BCUT2D eigenvalue weighted by Gasteiger charge is 2.17. The molecule has 0 radical (unpaired) electrons. The molecule has 120 valence electrons. The molecule has 0 unspecified atom stereocenters. The van der Waals surface area contributed by atoms with Crippen LogP contribution in [0.5, 0.6) is 0 Å². The van der Waals surface area contributed by atoms with Crippen molar-refractivity contribution in [2.24, 2.45) is 0 Å². The van der Waals surface area contributed by atoms with Crippen LogP contribution in [0.2, 0.25) is 0 Å². The number of Topliss-reactive ketones (excluding diaryl/α,β-unsaturated/α-hetero) is 1. The third-order valence-electron chi connectivity index (χ3n) is 3.48. The number of carbonyl (C=O) groups excluding carboxylic acids is 2. The number of hydrogen-bond donors (Lipinski definition) is 0. The molecule has 1 aliphatic heterocycles. The molecule has 0 spiro atoms. The standard InChI is InChI=1S/C16H20FNO4/c1-2-22-16(20)6-5-15(19)12-3-4-14(13(17)11-12)18-7-9-21-10-8-18/h3-4,11H,2,5-10H2,1H3. The molecule has 1 aromatic carbocycles. The first-order chi connectivity index (χ1) is 10.6. The van der Waals surface area contributed by atoms with Crippen LogP contribution < -0.4 is 4.90 Å². The Morgan fingerprint density at radius 3 is 2.64 bits per heavy atom. The largest absolute Gasteiger partial charge is 0.466 e. The van der Waals surface area contributed by atoms with Crippen molar-refractivity contribution in [3.8, 4) is 0 Å². The number of benzene rings is 1. The van der Waals surface area contributed by atoms with Crippen molar-refractivity contribution in [1.29, 1.82) is 0 Å². The van der Waals surface area contributed by atoms with Gasteiger partial charge in [0.2, 0.25) is 0 Å². The second kappa shape index (κ2) is 7.89. The molecule has 0 amide bonds. The van der Waals surface area contributed by atoms with E-state index in [1.807, 2.05) is 4.90 Å². The molecule has 0 atom stereocenters. The van der Waals surface area contributed by atoms with Crippen LogP contribution in [-0.2, 0) is 14.3 Å². The maximum absolute atomic E-state index is 14.2. The Balaban J connectivity index is 1.99. The SMILES string of the molecule is CCOC(=O)CCC(=O)c1ccc(N2CCOCC2)c(F)c1. The van der Waals surface area contributed by atoms with Crippen LogP contribution >= 0.6 is 0 Å². The van der Waals surface area contributed by atoms with E-state index in [1.54, 1.807) is 19.1 Å². The minimum atomic E-state index is -0.427. The summed E-state index contributed by atoms with van der Waals surface area (Å²) in [6.45, 7) is 4.40. The number of ketones is 1. The molecule has 22 heavy (non-hydrogen) atoms. The highest BCUT2D eigenvalue weighted by Crippen LogP contribution is 2.22. The Hall–Kier alpha value is -1.95. The number of ether oxygens (including phenoxy) is 2. The lowest BCUT2D eigenvalue weighted by molar-refractivity contribution is -0.143. The summed E-state index contributed by atoms with van der Waals surface area (Å²) < 4.78 is 24.2. The quantitative estimate of drug-likeness (QED) is 0.595. The maximum atomic E-state index is 14.2.